The second kappa shape index (κ2) is 6.86. The summed E-state index contributed by atoms with van der Waals surface area (Å²) in [4.78, 5) is 13.6. The summed E-state index contributed by atoms with van der Waals surface area (Å²) >= 11 is 0. The van der Waals surface area contributed by atoms with Crippen LogP contribution in [0.5, 0.6) is 0 Å². The molecule has 0 aromatic carbocycles. The lowest BCUT2D eigenvalue weighted by atomic mass is 10.1. The minimum atomic E-state index is -2.78. The number of piperidine rings is 1. The number of aliphatic hydroxyl groups excluding tert-OH is 1. The van der Waals surface area contributed by atoms with Crippen molar-refractivity contribution in [1.29, 1.82) is 0 Å². The van der Waals surface area contributed by atoms with Crippen LogP contribution in [0.15, 0.2) is 0 Å². The van der Waals surface area contributed by atoms with Gasteiger partial charge in [0.25, 0.3) is 6.43 Å². The van der Waals surface area contributed by atoms with Crippen LogP contribution in [0, 0.1) is 0 Å². The number of carbonyl (C=O) groups excluding carboxylic acids is 1. The van der Waals surface area contributed by atoms with Crippen LogP contribution in [-0.2, 0) is 4.79 Å². The van der Waals surface area contributed by atoms with Gasteiger partial charge in [-0.3, -0.25) is 4.79 Å². The predicted octanol–water partition coefficient (Wildman–Crippen LogP) is 0.603. The van der Waals surface area contributed by atoms with Gasteiger partial charge in [-0.25, -0.2) is 8.78 Å². The molecule has 0 saturated carbocycles. The highest BCUT2D eigenvalue weighted by atomic mass is 19.3. The first-order valence-electron chi connectivity index (χ1n) is 6.00. The third kappa shape index (κ3) is 4.55. The van der Waals surface area contributed by atoms with E-state index < -0.39 is 18.6 Å². The lowest BCUT2D eigenvalue weighted by Crippen LogP contribution is -2.49. The first-order chi connectivity index (χ1) is 8.02. The summed E-state index contributed by atoms with van der Waals surface area (Å²) in [5.74, 6) is -0.0776. The van der Waals surface area contributed by atoms with Crippen molar-refractivity contribution in [3.63, 3.8) is 0 Å². The van der Waals surface area contributed by atoms with E-state index in [9.17, 15) is 13.6 Å². The number of alkyl halides is 2. The van der Waals surface area contributed by atoms with E-state index in [0.717, 1.165) is 32.4 Å². The summed E-state index contributed by atoms with van der Waals surface area (Å²) in [5.41, 5.74) is 0. The summed E-state index contributed by atoms with van der Waals surface area (Å²) in [6, 6.07) is -0.526. The lowest BCUT2D eigenvalue weighted by molar-refractivity contribution is -0.134. The van der Waals surface area contributed by atoms with Crippen LogP contribution >= 0.6 is 0 Å². The van der Waals surface area contributed by atoms with Crippen molar-refractivity contribution in [2.24, 2.45) is 0 Å². The van der Waals surface area contributed by atoms with Crippen molar-refractivity contribution in [1.82, 2.24) is 10.2 Å². The van der Waals surface area contributed by atoms with Crippen molar-refractivity contribution in [2.45, 2.75) is 44.8 Å². The third-order valence-corrected chi connectivity index (χ3v) is 2.96. The highest BCUT2D eigenvalue weighted by Gasteiger charge is 2.24. The maximum Gasteiger partial charge on any atom is 0.265 e. The van der Waals surface area contributed by atoms with Crippen LogP contribution in [0.3, 0.4) is 0 Å². The van der Waals surface area contributed by atoms with E-state index in [1.807, 2.05) is 0 Å². The van der Waals surface area contributed by atoms with Crippen molar-refractivity contribution >= 4 is 5.91 Å². The van der Waals surface area contributed by atoms with Gasteiger partial charge in [0.15, 0.2) is 0 Å². The number of carbonyl (C=O) groups is 1. The Morgan fingerprint density at radius 1 is 1.35 bits per heavy atom. The van der Waals surface area contributed by atoms with Crippen molar-refractivity contribution in [2.75, 3.05) is 19.6 Å². The molecular formula is C11H20F2N2O2. The molecule has 6 heteroatoms. The predicted molar refractivity (Wildman–Crippen MR) is 59.9 cm³/mol. The highest BCUT2D eigenvalue weighted by Crippen LogP contribution is 2.10. The Bertz CT molecular complexity index is 246. The smallest absolute Gasteiger partial charge is 0.265 e. The number of rotatable bonds is 5. The van der Waals surface area contributed by atoms with E-state index in [1.54, 1.807) is 11.8 Å². The van der Waals surface area contributed by atoms with Gasteiger partial charge in [-0.2, -0.15) is 0 Å². The molecule has 0 aromatic heterocycles. The highest BCUT2D eigenvalue weighted by molar-refractivity contribution is 5.81. The van der Waals surface area contributed by atoms with Crippen LogP contribution in [0.4, 0.5) is 8.78 Å². The molecule has 1 rings (SSSR count). The molecule has 0 spiro atoms. The molecule has 1 aliphatic heterocycles. The molecule has 2 atom stereocenters. The van der Waals surface area contributed by atoms with Gasteiger partial charge >= 0.3 is 0 Å². The molecular weight excluding hydrogens is 230 g/mol. The fourth-order valence-corrected chi connectivity index (χ4v) is 1.86. The normalized spacial score (nSPS) is 20.4. The van der Waals surface area contributed by atoms with E-state index in [0.29, 0.717) is 0 Å². The van der Waals surface area contributed by atoms with Gasteiger partial charge in [0, 0.05) is 19.6 Å². The summed E-state index contributed by atoms with van der Waals surface area (Å²) in [7, 11) is 0. The van der Waals surface area contributed by atoms with Crippen LogP contribution in [0.25, 0.3) is 0 Å². The molecule has 2 N–H and O–H groups in total. The van der Waals surface area contributed by atoms with Crippen molar-refractivity contribution in [3.05, 3.63) is 0 Å². The SMILES string of the molecule is CC(NCC(O)C(F)F)C(=O)N1CCCCC1. The third-order valence-electron chi connectivity index (χ3n) is 2.96. The number of hydrogen-bond acceptors (Lipinski definition) is 3. The molecule has 0 radical (unpaired) electrons. The molecule has 0 aromatic rings. The number of halogens is 2. The van der Waals surface area contributed by atoms with Crippen LogP contribution in [0.1, 0.15) is 26.2 Å². The number of aliphatic hydroxyl groups is 1. The molecule has 1 aliphatic rings. The molecule has 100 valence electrons. The quantitative estimate of drug-likeness (QED) is 0.751. The van der Waals surface area contributed by atoms with E-state index >= 15 is 0 Å². The Morgan fingerprint density at radius 3 is 2.47 bits per heavy atom. The molecule has 1 saturated heterocycles. The van der Waals surface area contributed by atoms with E-state index in [1.165, 1.54) is 0 Å². The summed E-state index contributed by atoms with van der Waals surface area (Å²) in [5, 5.41) is 11.6. The standard InChI is InChI=1S/C11H20F2N2O2/c1-8(14-7-9(16)10(12)13)11(17)15-5-3-2-4-6-15/h8-10,14,16H,2-7H2,1H3. The van der Waals surface area contributed by atoms with E-state index in [4.69, 9.17) is 5.11 Å². The average molecular weight is 250 g/mol. The number of nitrogens with zero attached hydrogens (tertiary/aromatic N) is 1. The minimum Gasteiger partial charge on any atom is -0.386 e. The molecule has 2 unspecified atom stereocenters. The second-order valence-electron chi connectivity index (χ2n) is 4.42. The van der Waals surface area contributed by atoms with Crippen LogP contribution in [0.2, 0.25) is 0 Å². The molecule has 0 bridgehead atoms. The van der Waals surface area contributed by atoms with Gasteiger partial charge in [-0.15, -0.1) is 0 Å². The number of amides is 1. The topological polar surface area (TPSA) is 52.6 Å². The number of likely N-dealkylation sites (tertiary alicyclic amines) is 1. The molecule has 0 aliphatic carbocycles. The van der Waals surface area contributed by atoms with Crippen molar-refractivity contribution in [3.8, 4) is 0 Å². The van der Waals surface area contributed by atoms with E-state index in [-0.39, 0.29) is 12.5 Å². The van der Waals surface area contributed by atoms with E-state index in [2.05, 4.69) is 5.32 Å². The fourth-order valence-electron chi connectivity index (χ4n) is 1.86. The van der Waals surface area contributed by atoms with Gasteiger partial charge in [-0.05, 0) is 26.2 Å². The second-order valence-corrected chi connectivity index (χ2v) is 4.42. The zero-order valence-corrected chi connectivity index (χ0v) is 10.0. The molecule has 1 fully saturated rings. The first-order valence-corrected chi connectivity index (χ1v) is 6.00. The molecule has 4 nitrogen and oxygen atoms in total. The summed E-state index contributed by atoms with van der Waals surface area (Å²) in [6.45, 7) is 2.85. The number of nitrogens with one attached hydrogen (secondary N) is 1. The Labute approximate surface area is 100.0 Å². The van der Waals surface area contributed by atoms with Gasteiger partial charge in [0.2, 0.25) is 5.91 Å². The number of hydrogen-bond donors (Lipinski definition) is 2. The fraction of sp³-hybridized carbons (Fsp3) is 0.909. The maximum absolute atomic E-state index is 12.0. The van der Waals surface area contributed by atoms with Gasteiger partial charge in [0.1, 0.15) is 6.10 Å². The Balaban J connectivity index is 2.30. The minimum absolute atomic E-state index is 0.0776. The molecule has 17 heavy (non-hydrogen) atoms. The summed E-state index contributed by atoms with van der Waals surface area (Å²) < 4.78 is 24.1. The first kappa shape index (κ1) is 14.3. The lowest BCUT2D eigenvalue weighted by Gasteiger charge is -2.29. The Kier molecular flexibility index (Phi) is 5.77. The maximum atomic E-state index is 12.0. The summed E-state index contributed by atoms with van der Waals surface area (Å²) in [6.07, 6.45) is -1.36. The largest absolute Gasteiger partial charge is 0.386 e. The zero-order valence-electron chi connectivity index (χ0n) is 10.0. The molecule has 1 heterocycles. The average Bonchev–Trinajstić information content (AvgIpc) is 2.35. The Morgan fingerprint density at radius 2 is 1.94 bits per heavy atom. The van der Waals surface area contributed by atoms with Crippen LogP contribution in [-0.4, -0.2) is 54.1 Å². The van der Waals surface area contributed by atoms with Gasteiger partial charge < -0.3 is 15.3 Å². The van der Waals surface area contributed by atoms with Crippen LogP contribution < -0.4 is 5.32 Å². The zero-order chi connectivity index (χ0) is 12.8. The van der Waals surface area contributed by atoms with Gasteiger partial charge in [0.05, 0.1) is 6.04 Å². The Hall–Kier alpha value is -0.750. The monoisotopic (exact) mass is 250 g/mol. The van der Waals surface area contributed by atoms with Gasteiger partial charge in [-0.1, -0.05) is 0 Å². The van der Waals surface area contributed by atoms with Crippen molar-refractivity contribution < 1.29 is 18.7 Å². The molecule has 1 amide bonds.